The van der Waals surface area contributed by atoms with Crippen molar-refractivity contribution in [2.45, 2.75) is 52.1 Å². The molecule has 0 spiro atoms. The van der Waals surface area contributed by atoms with Gasteiger partial charge in [-0.05, 0) is 63.6 Å². The Hall–Kier alpha value is -3.33. The average Bonchev–Trinajstić information content (AvgIpc) is 3.33. The van der Waals surface area contributed by atoms with Crippen LogP contribution in [0, 0.1) is 12.7 Å². The van der Waals surface area contributed by atoms with E-state index in [-0.39, 0.29) is 11.1 Å². The molecule has 184 valence electrons. The molecule has 6 nitrogen and oxygen atoms in total. The van der Waals surface area contributed by atoms with E-state index < -0.39 is 23.7 Å². The molecule has 2 aliphatic rings. The van der Waals surface area contributed by atoms with Gasteiger partial charge in [-0.1, -0.05) is 0 Å². The lowest BCUT2D eigenvalue weighted by Crippen LogP contribution is -2.36. The minimum atomic E-state index is -1.55. The first-order valence-corrected chi connectivity index (χ1v) is 11.6. The Labute approximate surface area is 202 Å². The van der Waals surface area contributed by atoms with Gasteiger partial charge in [-0.25, -0.2) is 13.2 Å². The largest absolute Gasteiger partial charge is 0.383 e. The zero-order valence-corrected chi connectivity index (χ0v) is 20.4. The van der Waals surface area contributed by atoms with Crippen LogP contribution in [0.25, 0.3) is 17.3 Å². The summed E-state index contributed by atoms with van der Waals surface area (Å²) >= 11 is 0. The Morgan fingerprint density at radius 1 is 1.29 bits per heavy atom. The number of rotatable bonds is 5. The van der Waals surface area contributed by atoms with Crippen LogP contribution < -0.4 is 5.32 Å². The van der Waals surface area contributed by atoms with Crippen LogP contribution in [-0.4, -0.2) is 39.2 Å². The molecule has 2 aromatic heterocycles. The van der Waals surface area contributed by atoms with Gasteiger partial charge in [0.05, 0.1) is 23.5 Å². The van der Waals surface area contributed by atoms with Gasteiger partial charge in [0.1, 0.15) is 24.0 Å². The third kappa shape index (κ3) is 3.69. The quantitative estimate of drug-likeness (QED) is 0.510. The monoisotopic (exact) mass is 483 g/mol. The molecule has 0 saturated heterocycles. The molecule has 1 aromatic carbocycles. The summed E-state index contributed by atoms with van der Waals surface area (Å²) in [5.41, 5.74) is 2.05. The average molecular weight is 484 g/mol. The van der Waals surface area contributed by atoms with Crippen molar-refractivity contribution >= 4 is 17.3 Å². The number of anilines is 1. The molecule has 9 heteroatoms. The molecule has 0 fully saturated rings. The SMILES string of the molecule is COCCn1ccc2c1C=CC(F)C=C2c1c(F)cc2c(c1C(C)F)-n1c(C)nnc1C(C)(C)N2. The number of aryl methyl sites for hydroxylation is 1. The molecular formula is C26H28F3N5O. The summed E-state index contributed by atoms with van der Waals surface area (Å²) in [4.78, 5) is 0. The number of hydrogen-bond acceptors (Lipinski definition) is 4. The van der Waals surface area contributed by atoms with Crippen molar-refractivity contribution in [3.63, 3.8) is 0 Å². The van der Waals surface area contributed by atoms with Crippen LogP contribution in [-0.2, 0) is 16.8 Å². The third-order valence-corrected chi connectivity index (χ3v) is 6.61. The normalized spacial score (nSPS) is 18.7. The first-order chi connectivity index (χ1) is 16.6. The van der Waals surface area contributed by atoms with Gasteiger partial charge in [-0.3, -0.25) is 4.57 Å². The van der Waals surface area contributed by atoms with E-state index in [9.17, 15) is 4.39 Å². The maximum atomic E-state index is 15.9. The Morgan fingerprint density at radius 2 is 2.06 bits per heavy atom. The molecule has 0 bridgehead atoms. The zero-order chi connectivity index (χ0) is 25.1. The number of halogens is 3. The molecule has 0 saturated carbocycles. The van der Waals surface area contributed by atoms with Gasteiger partial charge in [0.2, 0.25) is 0 Å². The smallest absolute Gasteiger partial charge is 0.162 e. The van der Waals surface area contributed by atoms with Crippen LogP contribution in [0.1, 0.15) is 61.0 Å². The fourth-order valence-electron chi connectivity index (χ4n) is 5.07. The highest BCUT2D eigenvalue weighted by atomic mass is 19.1. The number of ether oxygens (including phenoxy) is 1. The molecule has 1 aliphatic carbocycles. The van der Waals surface area contributed by atoms with E-state index in [4.69, 9.17) is 4.74 Å². The minimum absolute atomic E-state index is 0.0383. The van der Waals surface area contributed by atoms with Crippen LogP contribution in [0.5, 0.6) is 0 Å². The highest BCUT2D eigenvalue weighted by molar-refractivity contribution is 5.90. The van der Waals surface area contributed by atoms with Crippen molar-refractivity contribution in [1.82, 2.24) is 19.3 Å². The summed E-state index contributed by atoms with van der Waals surface area (Å²) in [5, 5.41) is 11.8. The standard InChI is InChI=1S/C26H28F3N5O/c1-14(27)22-23(18-12-16(28)6-7-21-17(18)8-9-33(21)10-11-35-5)19(29)13-20-24(22)34-15(2)31-32-25(34)26(3,4)30-20/h6-9,12-14,16,30H,10-11H2,1-5H3. The van der Waals surface area contributed by atoms with Crippen molar-refractivity contribution in [3.05, 3.63) is 70.3 Å². The maximum absolute atomic E-state index is 15.9. The van der Waals surface area contributed by atoms with Crippen molar-refractivity contribution < 1.29 is 17.9 Å². The molecule has 2 unspecified atom stereocenters. The number of aromatic nitrogens is 4. The van der Waals surface area contributed by atoms with Gasteiger partial charge in [0, 0.05) is 42.2 Å². The van der Waals surface area contributed by atoms with E-state index in [1.54, 1.807) is 24.7 Å². The lowest BCUT2D eigenvalue weighted by molar-refractivity contribution is 0.187. The summed E-state index contributed by atoms with van der Waals surface area (Å²) in [6.45, 7) is 7.96. The third-order valence-electron chi connectivity index (χ3n) is 6.61. The van der Waals surface area contributed by atoms with Crippen molar-refractivity contribution in [3.8, 4) is 5.69 Å². The van der Waals surface area contributed by atoms with Gasteiger partial charge in [-0.15, -0.1) is 10.2 Å². The number of fused-ring (bicyclic) bond motifs is 4. The Balaban J connectivity index is 1.80. The van der Waals surface area contributed by atoms with Crippen molar-refractivity contribution in [1.29, 1.82) is 0 Å². The topological polar surface area (TPSA) is 56.9 Å². The predicted octanol–water partition coefficient (Wildman–Crippen LogP) is 5.65. The highest BCUT2D eigenvalue weighted by Crippen LogP contribution is 2.46. The lowest BCUT2D eigenvalue weighted by Gasteiger charge is -2.36. The fraction of sp³-hybridized carbons (Fsp3) is 0.385. The molecular weight excluding hydrogens is 455 g/mol. The number of benzene rings is 1. The summed E-state index contributed by atoms with van der Waals surface area (Å²) in [6, 6.07) is 3.16. The molecule has 1 N–H and O–H groups in total. The van der Waals surface area contributed by atoms with E-state index in [2.05, 4.69) is 15.5 Å². The minimum Gasteiger partial charge on any atom is -0.383 e. The van der Waals surface area contributed by atoms with Crippen LogP contribution >= 0.6 is 0 Å². The van der Waals surface area contributed by atoms with Gasteiger partial charge >= 0.3 is 0 Å². The fourth-order valence-corrected chi connectivity index (χ4v) is 5.07. The number of alkyl halides is 2. The maximum Gasteiger partial charge on any atom is 0.162 e. The Kier molecular flexibility index (Phi) is 5.62. The first kappa shape index (κ1) is 23.4. The zero-order valence-electron chi connectivity index (χ0n) is 20.4. The predicted molar refractivity (Wildman–Crippen MR) is 130 cm³/mol. The number of methoxy groups -OCH3 is 1. The molecule has 0 amide bonds. The number of nitrogens with one attached hydrogen (secondary N) is 1. The molecule has 3 aromatic rings. The van der Waals surface area contributed by atoms with E-state index >= 15 is 8.78 Å². The Morgan fingerprint density at radius 3 is 2.77 bits per heavy atom. The number of hydrogen-bond donors (Lipinski definition) is 1. The van der Waals surface area contributed by atoms with Crippen molar-refractivity contribution in [2.75, 3.05) is 19.0 Å². The second-order valence-corrected chi connectivity index (χ2v) is 9.50. The molecule has 2 atom stereocenters. The van der Waals surface area contributed by atoms with Crippen LogP contribution in [0.15, 0.2) is 30.5 Å². The van der Waals surface area contributed by atoms with E-state index in [0.717, 1.165) is 0 Å². The molecule has 0 radical (unpaired) electrons. The van der Waals surface area contributed by atoms with E-state index in [1.807, 2.05) is 30.7 Å². The molecule has 5 rings (SSSR count). The first-order valence-electron chi connectivity index (χ1n) is 11.6. The summed E-state index contributed by atoms with van der Waals surface area (Å²) in [5.74, 6) is 0.520. The van der Waals surface area contributed by atoms with Crippen LogP contribution in [0.3, 0.4) is 0 Å². The molecule has 35 heavy (non-hydrogen) atoms. The summed E-state index contributed by atoms with van der Waals surface area (Å²) in [6.07, 6.45) is 3.27. The van der Waals surface area contributed by atoms with Gasteiger partial charge in [0.15, 0.2) is 5.82 Å². The number of nitrogens with zero attached hydrogens (tertiary/aromatic N) is 4. The highest BCUT2D eigenvalue weighted by Gasteiger charge is 2.38. The molecule has 1 aliphatic heterocycles. The van der Waals surface area contributed by atoms with Gasteiger partial charge in [0.25, 0.3) is 0 Å². The second kappa shape index (κ2) is 8.41. The van der Waals surface area contributed by atoms with Crippen LogP contribution in [0.2, 0.25) is 0 Å². The lowest BCUT2D eigenvalue weighted by atomic mass is 9.87. The second-order valence-electron chi connectivity index (χ2n) is 9.50. The van der Waals surface area contributed by atoms with Crippen molar-refractivity contribution in [2.24, 2.45) is 0 Å². The van der Waals surface area contributed by atoms with E-state index in [1.165, 1.54) is 25.1 Å². The number of allylic oxidation sites excluding steroid dienone is 2. The van der Waals surface area contributed by atoms with Crippen LogP contribution in [0.4, 0.5) is 18.9 Å². The van der Waals surface area contributed by atoms with E-state index in [0.29, 0.717) is 53.0 Å². The van der Waals surface area contributed by atoms with Gasteiger partial charge in [-0.2, -0.15) is 0 Å². The Bertz CT molecular complexity index is 1370. The van der Waals surface area contributed by atoms with Gasteiger partial charge < -0.3 is 14.6 Å². The summed E-state index contributed by atoms with van der Waals surface area (Å²) in [7, 11) is 1.61. The molecule has 3 heterocycles. The summed E-state index contributed by atoms with van der Waals surface area (Å²) < 4.78 is 55.2.